The number of rotatable bonds is 6. The molecule has 0 radical (unpaired) electrons. The van der Waals surface area contributed by atoms with Gasteiger partial charge in [0.1, 0.15) is 4.21 Å². The fourth-order valence-corrected chi connectivity index (χ4v) is 4.58. The Morgan fingerprint density at radius 3 is 2.68 bits per heavy atom. The number of para-hydroxylation sites is 2. The van der Waals surface area contributed by atoms with E-state index in [-0.39, 0.29) is 16.7 Å². The third-order valence-corrected chi connectivity index (χ3v) is 6.52. The molecule has 2 aromatic rings. The van der Waals surface area contributed by atoms with Gasteiger partial charge in [-0.2, -0.15) is 0 Å². The maximum absolute atomic E-state index is 12.1. The first-order valence-electron chi connectivity index (χ1n) is 7.70. The Morgan fingerprint density at radius 1 is 1.20 bits per heavy atom. The van der Waals surface area contributed by atoms with E-state index in [4.69, 9.17) is 0 Å². The van der Waals surface area contributed by atoms with Gasteiger partial charge < -0.3 is 10.2 Å². The number of hydrogen-bond acceptors (Lipinski definition) is 5. The molecule has 0 aliphatic carbocycles. The zero-order valence-corrected chi connectivity index (χ0v) is 14.9. The minimum Gasteiger partial charge on any atom is -0.323 e. The Balaban J connectivity index is 1.67. The fourth-order valence-electron chi connectivity index (χ4n) is 2.56. The van der Waals surface area contributed by atoms with Gasteiger partial charge in [-0.15, -0.1) is 11.3 Å². The molecule has 0 bridgehead atoms. The molecule has 0 spiro atoms. The summed E-state index contributed by atoms with van der Waals surface area (Å²) in [5.74, 6) is -0.487. The van der Waals surface area contributed by atoms with Crippen LogP contribution >= 0.6 is 11.3 Å². The summed E-state index contributed by atoms with van der Waals surface area (Å²) >= 11 is 1.08. The lowest BCUT2D eigenvalue weighted by atomic mass is 10.2. The van der Waals surface area contributed by atoms with Crippen molar-refractivity contribution in [1.29, 1.82) is 0 Å². The number of hydrogen-bond donors (Lipinski definition) is 2. The molecule has 1 fully saturated rings. The number of thiophene rings is 1. The average Bonchev–Trinajstić information content (AvgIpc) is 3.26. The quantitative estimate of drug-likeness (QED) is 0.800. The second-order valence-electron chi connectivity index (χ2n) is 5.47. The van der Waals surface area contributed by atoms with E-state index in [1.807, 2.05) is 0 Å². The van der Waals surface area contributed by atoms with Crippen LogP contribution in [0.25, 0.3) is 0 Å². The summed E-state index contributed by atoms with van der Waals surface area (Å²) in [6.45, 7) is 0.221. The van der Waals surface area contributed by atoms with Gasteiger partial charge in [0, 0.05) is 13.0 Å². The highest BCUT2D eigenvalue weighted by Crippen LogP contribution is 2.29. The van der Waals surface area contributed by atoms with Gasteiger partial charge in [-0.3, -0.25) is 9.59 Å². The Bertz CT molecular complexity index is 879. The molecule has 3 rings (SSSR count). The first-order chi connectivity index (χ1) is 12.0. The summed E-state index contributed by atoms with van der Waals surface area (Å²) in [7, 11) is -3.70. The lowest BCUT2D eigenvalue weighted by Crippen LogP contribution is -2.33. The minimum atomic E-state index is -3.70. The lowest BCUT2D eigenvalue weighted by molar-refractivity contribution is -0.117. The molecule has 1 aliphatic rings. The highest BCUT2D eigenvalue weighted by atomic mass is 32.2. The first kappa shape index (κ1) is 17.6. The molecular weight excluding hydrogens is 362 g/mol. The van der Waals surface area contributed by atoms with Crippen molar-refractivity contribution in [1.82, 2.24) is 4.72 Å². The van der Waals surface area contributed by atoms with Crippen molar-refractivity contribution in [2.45, 2.75) is 17.1 Å². The number of benzene rings is 1. The lowest BCUT2D eigenvalue weighted by Gasteiger charge is -2.20. The number of amides is 2. The molecule has 0 unspecified atom stereocenters. The van der Waals surface area contributed by atoms with Crippen molar-refractivity contribution in [2.75, 3.05) is 23.3 Å². The standard InChI is InChI=1S/C16H17N3O4S2/c20-14(11-17-25(22,23)16-8-4-10-24-16)18-12-5-1-2-6-13(12)19-9-3-7-15(19)21/h1-2,4-6,8,10,17H,3,7,9,11H2,(H,18,20). The molecule has 2 N–H and O–H groups in total. The van der Waals surface area contributed by atoms with Crippen LogP contribution in [0.4, 0.5) is 11.4 Å². The maximum Gasteiger partial charge on any atom is 0.250 e. The average molecular weight is 379 g/mol. The van der Waals surface area contributed by atoms with Gasteiger partial charge in [-0.25, -0.2) is 13.1 Å². The zero-order chi connectivity index (χ0) is 17.9. The van der Waals surface area contributed by atoms with Crippen molar-refractivity contribution in [3.63, 3.8) is 0 Å². The largest absolute Gasteiger partial charge is 0.323 e. The molecule has 2 heterocycles. The van der Waals surface area contributed by atoms with E-state index in [1.165, 1.54) is 6.07 Å². The van der Waals surface area contributed by atoms with E-state index in [1.54, 1.807) is 40.6 Å². The first-order valence-corrected chi connectivity index (χ1v) is 10.1. The van der Waals surface area contributed by atoms with Crippen LogP contribution in [0.5, 0.6) is 0 Å². The molecule has 1 aliphatic heterocycles. The van der Waals surface area contributed by atoms with E-state index < -0.39 is 15.9 Å². The van der Waals surface area contributed by atoms with Crippen LogP contribution in [-0.4, -0.2) is 33.3 Å². The van der Waals surface area contributed by atoms with Crippen molar-refractivity contribution in [3.8, 4) is 0 Å². The molecule has 9 heteroatoms. The van der Waals surface area contributed by atoms with Gasteiger partial charge in [-0.1, -0.05) is 18.2 Å². The van der Waals surface area contributed by atoms with E-state index in [9.17, 15) is 18.0 Å². The van der Waals surface area contributed by atoms with Crippen molar-refractivity contribution in [2.24, 2.45) is 0 Å². The second-order valence-corrected chi connectivity index (χ2v) is 8.41. The Hall–Kier alpha value is -2.23. The number of carbonyl (C=O) groups is 2. The van der Waals surface area contributed by atoms with Crippen LogP contribution in [0.3, 0.4) is 0 Å². The predicted octanol–water partition coefficient (Wildman–Crippen LogP) is 1.79. The van der Waals surface area contributed by atoms with Crippen LogP contribution in [0.1, 0.15) is 12.8 Å². The fraction of sp³-hybridized carbons (Fsp3) is 0.250. The normalized spacial score (nSPS) is 14.7. The molecule has 132 valence electrons. The number of anilines is 2. The zero-order valence-electron chi connectivity index (χ0n) is 13.3. The van der Waals surface area contributed by atoms with Crippen LogP contribution in [0, 0.1) is 0 Å². The van der Waals surface area contributed by atoms with Crippen molar-refractivity contribution < 1.29 is 18.0 Å². The summed E-state index contributed by atoms with van der Waals surface area (Å²) in [4.78, 5) is 25.7. The van der Waals surface area contributed by atoms with Crippen LogP contribution < -0.4 is 14.9 Å². The predicted molar refractivity (Wildman–Crippen MR) is 96.2 cm³/mol. The third-order valence-electron chi connectivity index (χ3n) is 3.73. The number of sulfonamides is 1. The highest BCUT2D eigenvalue weighted by molar-refractivity contribution is 7.91. The summed E-state index contributed by atoms with van der Waals surface area (Å²) < 4.78 is 26.5. The van der Waals surface area contributed by atoms with Crippen LogP contribution in [-0.2, 0) is 19.6 Å². The molecule has 25 heavy (non-hydrogen) atoms. The summed E-state index contributed by atoms with van der Waals surface area (Å²) in [6.07, 6.45) is 1.27. The molecule has 7 nitrogen and oxygen atoms in total. The SMILES string of the molecule is O=C(CNS(=O)(=O)c1cccs1)Nc1ccccc1N1CCCC1=O. The molecule has 2 amide bonds. The number of nitrogens with one attached hydrogen (secondary N) is 2. The van der Waals surface area contributed by atoms with Gasteiger partial charge in [-0.05, 0) is 30.0 Å². The summed E-state index contributed by atoms with van der Waals surface area (Å²) in [5, 5.41) is 4.32. The van der Waals surface area contributed by atoms with E-state index in [2.05, 4.69) is 10.0 Å². The molecule has 1 aromatic heterocycles. The van der Waals surface area contributed by atoms with Gasteiger partial charge in [0.15, 0.2) is 0 Å². The van der Waals surface area contributed by atoms with E-state index in [0.29, 0.717) is 24.3 Å². The Morgan fingerprint density at radius 2 is 2.00 bits per heavy atom. The molecule has 0 saturated carbocycles. The summed E-state index contributed by atoms with van der Waals surface area (Å²) in [5.41, 5.74) is 1.11. The Labute approximate surface area is 149 Å². The molecule has 0 atom stereocenters. The summed E-state index contributed by atoms with van der Waals surface area (Å²) in [6, 6.07) is 10.1. The number of nitrogens with zero attached hydrogens (tertiary/aromatic N) is 1. The van der Waals surface area contributed by atoms with E-state index >= 15 is 0 Å². The van der Waals surface area contributed by atoms with Crippen molar-refractivity contribution >= 4 is 44.5 Å². The molecule has 1 aromatic carbocycles. The van der Waals surface area contributed by atoms with Gasteiger partial charge in [0.05, 0.1) is 17.9 Å². The number of carbonyl (C=O) groups excluding carboxylic acids is 2. The topological polar surface area (TPSA) is 95.6 Å². The Kier molecular flexibility index (Phi) is 5.16. The van der Waals surface area contributed by atoms with Gasteiger partial charge in [0.25, 0.3) is 10.0 Å². The molecule has 1 saturated heterocycles. The maximum atomic E-state index is 12.1. The van der Waals surface area contributed by atoms with Crippen LogP contribution in [0.2, 0.25) is 0 Å². The van der Waals surface area contributed by atoms with Gasteiger partial charge in [0.2, 0.25) is 11.8 Å². The van der Waals surface area contributed by atoms with Crippen LogP contribution in [0.15, 0.2) is 46.0 Å². The highest BCUT2D eigenvalue weighted by Gasteiger charge is 2.24. The monoisotopic (exact) mass is 379 g/mol. The minimum absolute atomic E-state index is 0.0140. The van der Waals surface area contributed by atoms with Gasteiger partial charge >= 0.3 is 0 Å². The van der Waals surface area contributed by atoms with E-state index in [0.717, 1.165) is 17.8 Å². The third kappa shape index (κ3) is 4.06. The molecular formula is C16H17N3O4S2. The second kappa shape index (κ2) is 7.34. The smallest absolute Gasteiger partial charge is 0.250 e. The van der Waals surface area contributed by atoms with Crippen molar-refractivity contribution in [3.05, 3.63) is 41.8 Å².